The van der Waals surface area contributed by atoms with Crippen molar-refractivity contribution in [1.82, 2.24) is 15.5 Å². The summed E-state index contributed by atoms with van der Waals surface area (Å²) in [5.41, 5.74) is 5.81. The Kier molecular flexibility index (Phi) is 6.07. The van der Waals surface area contributed by atoms with Gasteiger partial charge in [0.1, 0.15) is 5.82 Å². The first kappa shape index (κ1) is 14.4. The van der Waals surface area contributed by atoms with Crippen LogP contribution < -0.4 is 16.4 Å². The van der Waals surface area contributed by atoms with Crippen molar-refractivity contribution in [3.63, 3.8) is 0 Å². The molecule has 4 N–H and O–H groups in total. The SMILES string of the molecule is CCNC(=O)c1ccc(NCC(C)CCN)nn1. The van der Waals surface area contributed by atoms with Crippen molar-refractivity contribution in [3.05, 3.63) is 17.8 Å². The Labute approximate surface area is 107 Å². The quantitative estimate of drug-likeness (QED) is 0.660. The first-order valence-electron chi connectivity index (χ1n) is 6.23. The fraction of sp³-hybridized carbons (Fsp3) is 0.583. The molecule has 0 aliphatic carbocycles. The molecule has 0 aliphatic heterocycles. The first-order valence-corrected chi connectivity index (χ1v) is 6.23. The summed E-state index contributed by atoms with van der Waals surface area (Å²) in [6.07, 6.45) is 0.970. The van der Waals surface area contributed by atoms with Crippen molar-refractivity contribution < 1.29 is 4.79 Å². The van der Waals surface area contributed by atoms with Crippen LogP contribution in [-0.4, -0.2) is 35.7 Å². The topological polar surface area (TPSA) is 92.9 Å². The van der Waals surface area contributed by atoms with Crippen molar-refractivity contribution in [2.75, 3.05) is 25.0 Å². The summed E-state index contributed by atoms with van der Waals surface area (Å²) in [5.74, 6) is 0.958. The average Bonchev–Trinajstić information content (AvgIpc) is 2.37. The third kappa shape index (κ3) is 4.67. The maximum atomic E-state index is 11.5. The van der Waals surface area contributed by atoms with Crippen molar-refractivity contribution in [2.45, 2.75) is 20.3 Å². The zero-order valence-electron chi connectivity index (χ0n) is 10.9. The predicted molar refractivity (Wildman–Crippen MR) is 71.4 cm³/mol. The number of hydrogen-bond acceptors (Lipinski definition) is 5. The fourth-order valence-corrected chi connectivity index (χ4v) is 1.46. The molecule has 1 heterocycles. The van der Waals surface area contributed by atoms with Gasteiger partial charge in [-0.05, 0) is 37.9 Å². The van der Waals surface area contributed by atoms with E-state index in [2.05, 4.69) is 27.8 Å². The van der Waals surface area contributed by atoms with Gasteiger partial charge in [-0.2, -0.15) is 0 Å². The number of aromatic nitrogens is 2. The zero-order valence-corrected chi connectivity index (χ0v) is 10.9. The number of anilines is 1. The van der Waals surface area contributed by atoms with Gasteiger partial charge in [0, 0.05) is 13.1 Å². The third-order valence-corrected chi connectivity index (χ3v) is 2.53. The molecule has 1 rings (SSSR count). The summed E-state index contributed by atoms with van der Waals surface area (Å²) in [7, 11) is 0. The molecular weight excluding hydrogens is 230 g/mol. The normalized spacial score (nSPS) is 11.9. The Hall–Kier alpha value is -1.69. The van der Waals surface area contributed by atoms with E-state index in [-0.39, 0.29) is 5.91 Å². The van der Waals surface area contributed by atoms with Crippen LogP contribution in [0.2, 0.25) is 0 Å². The Balaban J connectivity index is 2.47. The van der Waals surface area contributed by atoms with Gasteiger partial charge in [-0.1, -0.05) is 6.92 Å². The lowest BCUT2D eigenvalue weighted by Crippen LogP contribution is -2.24. The summed E-state index contributed by atoms with van der Waals surface area (Å²) in [6.45, 7) is 6.05. The minimum atomic E-state index is -0.201. The van der Waals surface area contributed by atoms with Gasteiger partial charge in [-0.15, -0.1) is 10.2 Å². The molecule has 1 aromatic rings. The Morgan fingerprint density at radius 3 is 2.78 bits per heavy atom. The van der Waals surface area contributed by atoms with E-state index in [1.165, 1.54) is 0 Å². The van der Waals surface area contributed by atoms with Crippen molar-refractivity contribution in [2.24, 2.45) is 11.7 Å². The molecule has 0 spiro atoms. The van der Waals surface area contributed by atoms with Gasteiger partial charge in [-0.25, -0.2) is 0 Å². The molecule has 0 radical (unpaired) electrons. The van der Waals surface area contributed by atoms with Gasteiger partial charge >= 0.3 is 0 Å². The highest BCUT2D eigenvalue weighted by Gasteiger charge is 2.07. The number of rotatable bonds is 7. The predicted octanol–water partition coefficient (Wildman–Crippen LogP) is 0.623. The number of hydrogen-bond donors (Lipinski definition) is 3. The molecule has 1 aromatic heterocycles. The molecule has 1 unspecified atom stereocenters. The highest BCUT2D eigenvalue weighted by atomic mass is 16.1. The minimum absolute atomic E-state index is 0.201. The Morgan fingerprint density at radius 2 is 2.22 bits per heavy atom. The molecule has 6 nitrogen and oxygen atoms in total. The fourth-order valence-electron chi connectivity index (χ4n) is 1.46. The highest BCUT2D eigenvalue weighted by molar-refractivity contribution is 5.92. The maximum absolute atomic E-state index is 11.5. The molecule has 1 atom stereocenters. The molecule has 100 valence electrons. The summed E-state index contributed by atoms with van der Waals surface area (Å²) >= 11 is 0. The molecule has 0 saturated heterocycles. The Bertz CT molecular complexity index is 365. The molecule has 0 aliphatic rings. The van der Waals surface area contributed by atoms with Crippen molar-refractivity contribution in [1.29, 1.82) is 0 Å². The van der Waals surface area contributed by atoms with Gasteiger partial charge in [-0.3, -0.25) is 4.79 Å². The second kappa shape index (κ2) is 7.60. The van der Waals surface area contributed by atoms with Crippen LogP contribution in [0.15, 0.2) is 12.1 Å². The van der Waals surface area contributed by atoms with E-state index in [9.17, 15) is 4.79 Å². The van der Waals surface area contributed by atoms with Gasteiger partial charge in [0.2, 0.25) is 0 Å². The van der Waals surface area contributed by atoms with Crippen LogP contribution in [0.25, 0.3) is 0 Å². The number of nitrogens with two attached hydrogens (primary N) is 1. The van der Waals surface area contributed by atoms with Crippen LogP contribution in [0.5, 0.6) is 0 Å². The second-order valence-electron chi connectivity index (χ2n) is 4.23. The number of nitrogens with one attached hydrogen (secondary N) is 2. The second-order valence-corrected chi connectivity index (χ2v) is 4.23. The molecule has 0 aromatic carbocycles. The van der Waals surface area contributed by atoms with Crippen molar-refractivity contribution in [3.8, 4) is 0 Å². The number of nitrogens with zero attached hydrogens (tertiary/aromatic N) is 2. The summed E-state index contributed by atoms with van der Waals surface area (Å²) in [4.78, 5) is 11.5. The molecule has 6 heteroatoms. The van der Waals surface area contributed by atoms with E-state index < -0.39 is 0 Å². The maximum Gasteiger partial charge on any atom is 0.271 e. The smallest absolute Gasteiger partial charge is 0.271 e. The van der Waals surface area contributed by atoms with E-state index in [4.69, 9.17) is 5.73 Å². The van der Waals surface area contributed by atoms with E-state index in [1.807, 2.05) is 6.92 Å². The minimum Gasteiger partial charge on any atom is -0.368 e. The van der Waals surface area contributed by atoms with Crippen LogP contribution in [0.3, 0.4) is 0 Å². The third-order valence-electron chi connectivity index (χ3n) is 2.53. The molecule has 1 amide bonds. The summed E-state index contributed by atoms with van der Waals surface area (Å²) < 4.78 is 0. The van der Waals surface area contributed by atoms with Gasteiger partial charge in [0.05, 0.1) is 0 Å². The largest absolute Gasteiger partial charge is 0.368 e. The Morgan fingerprint density at radius 1 is 1.44 bits per heavy atom. The lowest BCUT2D eigenvalue weighted by Gasteiger charge is -2.11. The van der Waals surface area contributed by atoms with E-state index >= 15 is 0 Å². The van der Waals surface area contributed by atoms with Crippen LogP contribution >= 0.6 is 0 Å². The monoisotopic (exact) mass is 251 g/mol. The van der Waals surface area contributed by atoms with E-state index in [0.717, 1.165) is 13.0 Å². The van der Waals surface area contributed by atoms with Crippen molar-refractivity contribution >= 4 is 11.7 Å². The lowest BCUT2D eigenvalue weighted by atomic mass is 10.1. The summed E-state index contributed by atoms with van der Waals surface area (Å²) in [6, 6.07) is 3.42. The highest BCUT2D eigenvalue weighted by Crippen LogP contribution is 2.05. The molecular formula is C12H21N5O. The zero-order chi connectivity index (χ0) is 13.4. The summed E-state index contributed by atoms with van der Waals surface area (Å²) in [5, 5.41) is 13.7. The molecule has 18 heavy (non-hydrogen) atoms. The van der Waals surface area contributed by atoms with Crippen LogP contribution in [0, 0.1) is 5.92 Å². The van der Waals surface area contributed by atoms with E-state index in [1.54, 1.807) is 12.1 Å². The molecule has 0 bridgehead atoms. The van der Waals surface area contributed by atoms with Gasteiger partial charge < -0.3 is 16.4 Å². The molecule has 0 saturated carbocycles. The van der Waals surface area contributed by atoms with Crippen LogP contribution in [0.4, 0.5) is 5.82 Å². The van der Waals surface area contributed by atoms with Crippen LogP contribution in [-0.2, 0) is 0 Å². The van der Waals surface area contributed by atoms with Crippen LogP contribution in [0.1, 0.15) is 30.8 Å². The molecule has 0 fully saturated rings. The number of carbonyl (C=O) groups excluding carboxylic acids is 1. The lowest BCUT2D eigenvalue weighted by molar-refractivity contribution is 0.0950. The van der Waals surface area contributed by atoms with Gasteiger partial charge in [0.25, 0.3) is 5.91 Å². The standard InChI is InChI=1S/C12H21N5O/c1-3-14-12(18)10-4-5-11(17-16-10)15-8-9(2)6-7-13/h4-5,9H,3,6-8,13H2,1-2H3,(H,14,18)(H,15,17). The average molecular weight is 251 g/mol. The van der Waals surface area contributed by atoms with E-state index in [0.29, 0.717) is 30.5 Å². The number of amides is 1. The first-order chi connectivity index (χ1) is 8.67. The van der Waals surface area contributed by atoms with Gasteiger partial charge in [0.15, 0.2) is 5.69 Å². The number of carbonyl (C=O) groups is 1.